The zero-order valence-corrected chi connectivity index (χ0v) is 43.5. The molecule has 0 N–H and O–H groups in total. The summed E-state index contributed by atoms with van der Waals surface area (Å²) in [7, 11) is 0. The highest BCUT2D eigenvalue weighted by Crippen LogP contribution is 2.53. The van der Waals surface area contributed by atoms with Crippen molar-refractivity contribution in [2.45, 2.75) is 52.4 Å². The molecule has 4 heteroatoms. The Bertz CT molecular complexity index is 5490. The van der Waals surface area contributed by atoms with E-state index < -0.39 is 120 Å². The van der Waals surface area contributed by atoms with Crippen LogP contribution in [0.15, 0.2) is 242 Å². The maximum absolute atomic E-state index is 9.84. The fourth-order valence-corrected chi connectivity index (χ4v) is 11.9. The number of anilines is 6. The number of aromatic nitrogens is 2. The summed E-state index contributed by atoms with van der Waals surface area (Å²) in [6.45, 7) is 12.6. The Balaban J connectivity index is 1.11. The molecule has 15 rings (SSSR count). The summed E-state index contributed by atoms with van der Waals surface area (Å²) in [5.74, 6) is 0. The lowest BCUT2D eigenvalue weighted by molar-refractivity contribution is 0.591. The molecule has 0 saturated carbocycles. The largest absolute Gasteiger partial charge is 0.309 e. The third-order valence-corrected chi connectivity index (χ3v) is 15.5. The highest BCUT2D eigenvalue weighted by atomic mass is 15.2. The predicted octanol–water partition coefficient (Wildman–Crippen LogP) is 20.9. The van der Waals surface area contributed by atoms with Crippen molar-refractivity contribution in [2.24, 2.45) is 0 Å². The van der Waals surface area contributed by atoms with Crippen LogP contribution < -0.4 is 9.80 Å². The molecule has 0 aliphatic carbocycles. The lowest BCUT2D eigenvalue weighted by Crippen LogP contribution is -2.12. The zero-order valence-electron chi connectivity index (χ0n) is 61.5. The minimum atomic E-state index is -0.644. The highest BCUT2D eigenvalue weighted by molar-refractivity contribution is 6.32. The average Bonchev–Trinajstić information content (AvgIpc) is 1.49. The summed E-state index contributed by atoms with van der Waals surface area (Å²) in [5, 5.41) is 5.61. The fraction of sp³-hybridized carbons (Fsp3) is 0.108. The second-order valence-corrected chi connectivity index (χ2v) is 22.0. The Morgan fingerprint density at radius 2 is 0.718 bits per heavy atom. The molecular formula is C74H58N4. The van der Waals surface area contributed by atoms with Gasteiger partial charge in [-0.2, -0.15) is 0 Å². The summed E-state index contributed by atoms with van der Waals surface area (Å²) in [4.78, 5) is 2.85. The van der Waals surface area contributed by atoms with Crippen molar-refractivity contribution in [1.82, 2.24) is 8.80 Å². The topological polar surface area (TPSA) is 15.3 Å². The summed E-state index contributed by atoms with van der Waals surface area (Å²) in [6, 6.07) is 31.0. The van der Waals surface area contributed by atoms with E-state index in [4.69, 9.17) is 11.0 Å². The van der Waals surface area contributed by atoms with Gasteiger partial charge in [-0.15, -0.1) is 0 Å². The number of para-hydroxylation sites is 4. The van der Waals surface area contributed by atoms with E-state index in [1.807, 2.05) is 24.3 Å². The van der Waals surface area contributed by atoms with Gasteiger partial charge in [0, 0.05) is 65.6 Å². The highest BCUT2D eigenvalue weighted by Gasteiger charge is 2.30. The first-order valence-electron chi connectivity index (χ1n) is 35.0. The van der Waals surface area contributed by atoms with Gasteiger partial charge in [0.15, 0.2) is 0 Å². The van der Waals surface area contributed by atoms with Crippen molar-refractivity contribution in [3.8, 4) is 22.3 Å². The van der Waals surface area contributed by atoms with E-state index in [1.54, 1.807) is 72.8 Å². The molecule has 0 unspecified atom stereocenters. The SMILES string of the molecule is [2H]c1c([2H])c([2H])c(N(c2c([2H])c([2H])c([2H])c([2H])c2-c2ccccc2)c2ccc3c4cc5c(cc4n4c6ccc(C(C)(C)C)cc6c2c34)c2ccc(N(c3c([2H])c([2H])c([2H])c([2H])c3[2H])c3c([2H])c([2H])c([2H])c([2H])c3-c3ccccc3)c3c4cc(C(C)(C)C)ccc4n5c23)c([2H])c1[2H]. The summed E-state index contributed by atoms with van der Waals surface area (Å²) >= 11 is 0. The Hall–Kier alpha value is -9.38. The number of hydrogen-bond donors (Lipinski definition) is 0. The van der Waals surface area contributed by atoms with Gasteiger partial charge in [-0.1, -0.05) is 199 Å². The molecule has 4 nitrogen and oxygen atoms in total. The van der Waals surface area contributed by atoms with Crippen LogP contribution in [-0.4, -0.2) is 8.80 Å². The van der Waals surface area contributed by atoms with Gasteiger partial charge in [0.05, 0.1) is 80.5 Å². The molecule has 11 aromatic carbocycles. The predicted molar refractivity (Wildman–Crippen MR) is 333 cm³/mol. The van der Waals surface area contributed by atoms with E-state index in [2.05, 4.69) is 86.7 Å². The number of rotatable bonds is 8. The molecule has 374 valence electrons. The van der Waals surface area contributed by atoms with Crippen LogP contribution in [0.1, 0.15) is 77.3 Å². The smallest absolute Gasteiger partial charge is 0.0645 e. The fourth-order valence-electron chi connectivity index (χ4n) is 11.9. The van der Waals surface area contributed by atoms with E-state index in [0.29, 0.717) is 43.7 Å². The van der Waals surface area contributed by atoms with Gasteiger partial charge < -0.3 is 18.6 Å². The van der Waals surface area contributed by atoms with Crippen molar-refractivity contribution in [1.29, 1.82) is 0 Å². The minimum absolute atomic E-state index is 0.0438. The van der Waals surface area contributed by atoms with Crippen molar-refractivity contribution < 1.29 is 24.7 Å². The standard InChI is InChI=1S/C74H58N4/c1-73(2,3)49-35-39-63-59(43-49)69-65(75(51-27-15-9-16-28-51)61-33-21-19-31-53(61)47-23-11-7-12-24-47)41-37-55-57-46-68-58(45-67(57)77(63)71(55)69)56-38-42-66(70-60-44-50(74(4,5)6)36-40-64(60)78(68)72(56)70)76(52-29-17-10-18-30-52)62-34-22-20-32-54(62)48-25-13-8-14-26-48/h7-46H,1-6H3/i9D,10D,15D,16D,17D,18D,19D,20D,21D,22D,27D,28D,29D,30D,31D,32D,33D,34D. The first-order chi connectivity index (χ1) is 45.5. The average molecular weight is 1020 g/mol. The van der Waals surface area contributed by atoms with Crippen LogP contribution in [0.3, 0.4) is 0 Å². The molecule has 0 fully saturated rings. The van der Waals surface area contributed by atoms with Gasteiger partial charge in [0.2, 0.25) is 0 Å². The molecule has 4 heterocycles. The van der Waals surface area contributed by atoms with Crippen molar-refractivity contribution in [2.75, 3.05) is 9.80 Å². The Morgan fingerprint density at radius 3 is 1.12 bits per heavy atom. The zero-order chi connectivity index (χ0) is 68.3. The van der Waals surface area contributed by atoms with Gasteiger partial charge in [-0.3, -0.25) is 0 Å². The van der Waals surface area contributed by atoms with Gasteiger partial charge in [0.1, 0.15) is 0 Å². The van der Waals surface area contributed by atoms with Gasteiger partial charge in [-0.25, -0.2) is 0 Å². The molecule has 0 spiro atoms. The Labute approximate surface area is 480 Å². The third kappa shape index (κ3) is 6.85. The van der Waals surface area contributed by atoms with Crippen LogP contribution in [0.2, 0.25) is 0 Å². The van der Waals surface area contributed by atoms with Gasteiger partial charge in [0.25, 0.3) is 0 Å². The summed E-state index contributed by atoms with van der Waals surface area (Å²) in [6.07, 6.45) is 0. The molecule has 0 aliphatic heterocycles. The van der Waals surface area contributed by atoms with E-state index in [0.717, 1.165) is 54.7 Å². The third-order valence-electron chi connectivity index (χ3n) is 15.5. The lowest BCUT2D eigenvalue weighted by Gasteiger charge is -2.29. The molecule has 0 aliphatic rings. The molecule has 78 heavy (non-hydrogen) atoms. The summed E-state index contributed by atoms with van der Waals surface area (Å²) < 4.78 is 172. The van der Waals surface area contributed by atoms with Crippen LogP contribution in [-0.2, 0) is 10.8 Å². The van der Waals surface area contributed by atoms with E-state index in [-0.39, 0.29) is 45.3 Å². The second kappa shape index (κ2) is 17.1. The molecule has 15 aromatic rings. The molecule has 0 radical (unpaired) electrons. The molecule has 0 amide bonds. The lowest BCUT2D eigenvalue weighted by atomic mass is 9.86. The number of hydrogen-bond acceptors (Lipinski definition) is 2. The monoisotopic (exact) mass is 1020 g/mol. The van der Waals surface area contributed by atoms with Crippen LogP contribution in [0.5, 0.6) is 0 Å². The second-order valence-electron chi connectivity index (χ2n) is 22.0. The number of nitrogens with zero attached hydrogens (tertiary/aromatic N) is 4. The quantitative estimate of drug-likeness (QED) is 0.151. The minimum Gasteiger partial charge on any atom is -0.309 e. The van der Waals surface area contributed by atoms with Crippen molar-refractivity contribution >= 4 is 110 Å². The summed E-state index contributed by atoms with van der Waals surface area (Å²) in [5.41, 5.74) is 5.92. The van der Waals surface area contributed by atoms with Gasteiger partial charge >= 0.3 is 0 Å². The Morgan fingerprint density at radius 1 is 0.333 bits per heavy atom. The van der Waals surface area contributed by atoms with Crippen molar-refractivity contribution in [3.63, 3.8) is 0 Å². The maximum Gasteiger partial charge on any atom is 0.0645 e. The van der Waals surface area contributed by atoms with E-state index in [1.165, 1.54) is 9.80 Å². The maximum atomic E-state index is 9.84. The molecule has 0 bridgehead atoms. The Kier molecular flexibility index (Phi) is 6.78. The molecule has 4 aromatic heterocycles. The van der Waals surface area contributed by atoms with Crippen molar-refractivity contribution in [3.05, 3.63) is 253 Å². The van der Waals surface area contributed by atoms with Crippen LogP contribution in [0.25, 0.3) is 98.4 Å². The number of benzene rings is 11. The van der Waals surface area contributed by atoms with Crippen LogP contribution in [0, 0.1) is 0 Å². The van der Waals surface area contributed by atoms with Crippen LogP contribution >= 0.6 is 0 Å². The van der Waals surface area contributed by atoms with E-state index in [9.17, 15) is 13.7 Å². The first kappa shape index (κ1) is 31.0. The van der Waals surface area contributed by atoms with Gasteiger partial charge in [-0.05, 0) is 118 Å². The van der Waals surface area contributed by atoms with Crippen LogP contribution in [0.4, 0.5) is 34.1 Å². The molecule has 0 atom stereocenters. The normalized spacial score (nSPS) is 15.7. The number of fused-ring (bicyclic) bond motifs is 12. The molecule has 0 saturated heterocycles. The first-order valence-corrected chi connectivity index (χ1v) is 26.0. The van der Waals surface area contributed by atoms with E-state index >= 15 is 0 Å². The molecular weight excluding hydrogens is 945 g/mol.